The molecule has 102 valence electrons. The van der Waals surface area contributed by atoms with E-state index in [4.69, 9.17) is 10.5 Å². The molecule has 2 unspecified atom stereocenters. The van der Waals surface area contributed by atoms with Crippen molar-refractivity contribution in [1.82, 2.24) is 9.97 Å². The van der Waals surface area contributed by atoms with Gasteiger partial charge in [0.25, 0.3) is 0 Å². The molecule has 6 heteroatoms. The van der Waals surface area contributed by atoms with Crippen LogP contribution in [0.2, 0.25) is 0 Å². The molecule has 0 aromatic carbocycles. The molecule has 0 amide bonds. The lowest BCUT2D eigenvalue weighted by molar-refractivity contribution is 0.0525. The smallest absolute Gasteiger partial charge is 0.341 e. The van der Waals surface area contributed by atoms with E-state index in [1.54, 1.807) is 6.92 Å². The van der Waals surface area contributed by atoms with E-state index in [1.165, 1.54) is 12.4 Å². The van der Waals surface area contributed by atoms with Gasteiger partial charge in [0.05, 0.1) is 12.2 Å². The van der Waals surface area contributed by atoms with Gasteiger partial charge in [-0.3, -0.25) is 0 Å². The third-order valence-electron chi connectivity index (χ3n) is 4.08. The molecule has 2 N–H and O–H groups in total. The van der Waals surface area contributed by atoms with Gasteiger partial charge in [0.15, 0.2) is 0 Å². The predicted octanol–water partition coefficient (Wildman–Crippen LogP) is 0.294. The minimum atomic E-state index is -0.374. The summed E-state index contributed by atoms with van der Waals surface area (Å²) in [5, 5.41) is 0. The summed E-state index contributed by atoms with van der Waals surface area (Å²) in [7, 11) is 0. The standard InChI is InChI=1S/C13H18N4O2/c1-2-19-12(18)8-4-15-13(16-5-8)17-6-10-9(3-14)11(10)7-17/h4-5,9-11H,2-3,6-7,14H2,1H3. The van der Waals surface area contributed by atoms with Gasteiger partial charge in [-0.25, -0.2) is 14.8 Å². The van der Waals surface area contributed by atoms with Crippen molar-refractivity contribution in [2.45, 2.75) is 6.92 Å². The molecule has 3 rings (SSSR count). The Hall–Kier alpha value is -1.69. The molecule has 2 atom stereocenters. The highest BCUT2D eigenvalue weighted by Crippen LogP contribution is 2.51. The third-order valence-corrected chi connectivity index (χ3v) is 4.08. The zero-order valence-electron chi connectivity index (χ0n) is 11.0. The first-order valence-electron chi connectivity index (χ1n) is 6.68. The van der Waals surface area contributed by atoms with Crippen molar-refractivity contribution >= 4 is 11.9 Å². The van der Waals surface area contributed by atoms with E-state index in [9.17, 15) is 4.79 Å². The largest absolute Gasteiger partial charge is 0.462 e. The fraction of sp³-hybridized carbons (Fsp3) is 0.615. The fourth-order valence-corrected chi connectivity index (χ4v) is 2.97. The lowest BCUT2D eigenvalue weighted by atomic mass is 10.3. The number of anilines is 1. The Morgan fingerprint density at radius 3 is 2.58 bits per heavy atom. The molecule has 1 aromatic heterocycles. The average molecular weight is 262 g/mol. The number of nitrogens with two attached hydrogens (primary N) is 1. The minimum absolute atomic E-state index is 0.358. The molecular weight excluding hydrogens is 244 g/mol. The van der Waals surface area contributed by atoms with Crippen molar-refractivity contribution in [1.29, 1.82) is 0 Å². The molecule has 2 heterocycles. The molecule has 0 bridgehead atoms. The molecule has 1 aromatic rings. The lowest BCUT2D eigenvalue weighted by Crippen LogP contribution is -2.27. The SMILES string of the molecule is CCOC(=O)c1cnc(N2CC3C(CN)C3C2)nc1. The van der Waals surface area contributed by atoms with Gasteiger partial charge in [0, 0.05) is 25.5 Å². The number of hydrogen-bond donors (Lipinski definition) is 1. The van der Waals surface area contributed by atoms with Crippen molar-refractivity contribution < 1.29 is 9.53 Å². The number of nitrogens with zero attached hydrogens (tertiary/aromatic N) is 3. The highest BCUT2D eigenvalue weighted by Gasteiger charge is 2.55. The Morgan fingerprint density at radius 1 is 1.42 bits per heavy atom. The number of carbonyl (C=O) groups is 1. The summed E-state index contributed by atoms with van der Waals surface area (Å²) in [6.07, 6.45) is 3.06. The number of carbonyl (C=O) groups excluding carboxylic acids is 1. The Balaban J connectivity index is 1.63. The van der Waals surface area contributed by atoms with Crippen LogP contribution >= 0.6 is 0 Å². The van der Waals surface area contributed by atoms with Crippen LogP contribution in [0.3, 0.4) is 0 Å². The van der Waals surface area contributed by atoms with Gasteiger partial charge in [-0.05, 0) is 31.2 Å². The van der Waals surface area contributed by atoms with Crippen molar-refractivity contribution in [3.63, 3.8) is 0 Å². The second kappa shape index (κ2) is 4.77. The second-order valence-electron chi connectivity index (χ2n) is 5.12. The van der Waals surface area contributed by atoms with Gasteiger partial charge in [0.2, 0.25) is 5.95 Å². The highest BCUT2D eigenvalue weighted by atomic mass is 16.5. The van der Waals surface area contributed by atoms with E-state index in [-0.39, 0.29) is 5.97 Å². The van der Waals surface area contributed by atoms with Gasteiger partial charge in [-0.1, -0.05) is 0 Å². The van der Waals surface area contributed by atoms with Crippen molar-refractivity contribution in [2.24, 2.45) is 23.5 Å². The molecule has 6 nitrogen and oxygen atoms in total. The Morgan fingerprint density at radius 2 is 2.05 bits per heavy atom. The monoisotopic (exact) mass is 262 g/mol. The van der Waals surface area contributed by atoms with E-state index < -0.39 is 0 Å². The topological polar surface area (TPSA) is 81.3 Å². The molecule has 2 aliphatic rings. The van der Waals surface area contributed by atoms with E-state index >= 15 is 0 Å². The summed E-state index contributed by atoms with van der Waals surface area (Å²) < 4.78 is 4.90. The summed E-state index contributed by atoms with van der Waals surface area (Å²) >= 11 is 0. The van der Waals surface area contributed by atoms with Gasteiger partial charge in [-0.2, -0.15) is 0 Å². The fourth-order valence-electron chi connectivity index (χ4n) is 2.97. The van der Waals surface area contributed by atoms with E-state index in [0.29, 0.717) is 35.9 Å². The maximum absolute atomic E-state index is 11.5. The molecule has 0 spiro atoms. The molecule has 2 fully saturated rings. The number of hydrogen-bond acceptors (Lipinski definition) is 6. The minimum Gasteiger partial charge on any atom is -0.462 e. The van der Waals surface area contributed by atoms with Crippen LogP contribution in [0.1, 0.15) is 17.3 Å². The van der Waals surface area contributed by atoms with Crippen LogP contribution < -0.4 is 10.6 Å². The summed E-state index contributed by atoms with van der Waals surface area (Å²) in [5.41, 5.74) is 6.09. The van der Waals surface area contributed by atoms with Crippen LogP contribution in [-0.2, 0) is 4.74 Å². The molecule has 1 aliphatic carbocycles. The van der Waals surface area contributed by atoms with E-state index in [1.807, 2.05) is 0 Å². The summed E-state index contributed by atoms with van der Waals surface area (Å²) in [6.45, 7) is 4.87. The second-order valence-corrected chi connectivity index (χ2v) is 5.12. The molecule has 1 saturated heterocycles. The zero-order valence-corrected chi connectivity index (χ0v) is 11.0. The quantitative estimate of drug-likeness (QED) is 0.786. The van der Waals surface area contributed by atoms with Crippen LogP contribution in [0.15, 0.2) is 12.4 Å². The predicted molar refractivity (Wildman–Crippen MR) is 69.7 cm³/mol. The Kier molecular flexibility index (Phi) is 3.10. The van der Waals surface area contributed by atoms with Gasteiger partial charge < -0.3 is 15.4 Å². The van der Waals surface area contributed by atoms with Gasteiger partial charge in [-0.15, -0.1) is 0 Å². The lowest BCUT2D eigenvalue weighted by Gasteiger charge is -2.19. The van der Waals surface area contributed by atoms with Crippen molar-refractivity contribution in [3.05, 3.63) is 18.0 Å². The number of rotatable bonds is 4. The summed E-state index contributed by atoms with van der Waals surface area (Å²) in [4.78, 5) is 22.2. The molecule has 1 aliphatic heterocycles. The van der Waals surface area contributed by atoms with Crippen LogP contribution in [0, 0.1) is 17.8 Å². The third kappa shape index (κ3) is 2.16. The normalized spacial score (nSPS) is 28.1. The number of esters is 1. The van der Waals surface area contributed by atoms with Crippen molar-refractivity contribution in [3.8, 4) is 0 Å². The molecule has 0 radical (unpaired) electrons. The van der Waals surface area contributed by atoms with E-state index in [0.717, 1.165) is 19.6 Å². The molecule has 1 saturated carbocycles. The summed E-state index contributed by atoms with van der Waals surface area (Å²) in [6, 6.07) is 0. The number of piperidine rings is 1. The van der Waals surface area contributed by atoms with Crippen molar-refractivity contribution in [2.75, 3.05) is 31.1 Å². The van der Waals surface area contributed by atoms with Crippen LogP contribution in [0.25, 0.3) is 0 Å². The molecule has 19 heavy (non-hydrogen) atoms. The first kappa shape index (κ1) is 12.3. The Labute approximate surface area is 112 Å². The van der Waals surface area contributed by atoms with Crippen LogP contribution in [0.4, 0.5) is 5.95 Å². The van der Waals surface area contributed by atoms with E-state index in [2.05, 4.69) is 14.9 Å². The number of fused-ring (bicyclic) bond motifs is 1. The van der Waals surface area contributed by atoms with Gasteiger partial charge >= 0.3 is 5.97 Å². The highest BCUT2D eigenvalue weighted by molar-refractivity contribution is 5.88. The Bertz CT molecular complexity index is 464. The molecular formula is C13H18N4O2. The maximum Gasteiger partial charge on any atom is 0.341 e. The zero-order chi connectivity index (χ0) is 13.4. The first-order chi connectivity index (χ1) is 9.24. The first-order valence-corrected chi connectivity index (χ1v) is 6.68. The maximum atomic E-state index is 11.5. The van der Waals surface area contributed by atoms with Crippen LogP contribution in [0.5, 0.6) is 0 Å². The summed E-state index contributed by atoms with van der Waals surface area (Å²) in [5.74, 6) is 2.42. The number of aromatic nitrogens is 2. The van der Waals surface area contributed by atoms with Gasteiger partial charge in [0.1, 0.15) is 0 Å². The van der Waals surface area contributed by atoms with Crippen LogP contribution in [-0.4, -0.2) is 42.2 Å². The average Bonchev–Trinajstić information content (AvgIpc) is 2.91. The number of ether oxygens (including phenoxy) is 1.